The highest BCUT2D eigenvalue weighted by Crippen LogP contribution is 2.33. The standard InChI is InChI=1S/C11H22N4S2.HI/c1-13(2)10-12-11(17-16-10)15-8-4-6-14(3)7-5-9-15;/h10H,4-9H2,1-3H3;1H. The van der Waals surface area contributed by atoms with Gasteiger partial charge in [-0.05, 0) is 44.8 Å². The van der Waals surface area contributed by atoms with Gasteiger partial charge in [0.1, 0.15) is 0 Å². The molecule has 0 bridgehead atoms. The van der Waals surface area contributed by atoms with Crippen LogP contribution < -0.4 is 29.3 Å². The molecule has 1 atom stereocenters. The molecule has 106 valence electrons. The van der Waals surface area contributed by atoms with Crippen LogP contribution >= 0.6 is 21.6 Å². The molecule has 2 saturated heterocycles. The van der Waals surface area contributed by atoms with E-state index in [0.29, 0.717) is 5.50 Å². The van der Waals surface area contributed by atoms with E-state index in [1.807, 2.05) is 21.6 Å². The summed E-state index contributed by atoms with van der Waals surface area (Å²) >= 11 is 0. The Morgan fingerprint density at radius 2 is 1.89 bits per heavy atom. The van der Waals surface area contributed by atoms with E-state index in [0.717, 1.165) is 0 Å². The highest BCUT2D eigenvalue weighted by Gasteiger charge is 2.31. The number of hydrogen-bond acceptors (Lipinski definition) is 4. The molecule has 0 spiro atoms. The van der Waals surface area contributed by atoms with E-state index in [-0.39, 0.29) is 24.0 Å². The number of nitrogens with zero attached hydrogens (tertiary/aromatic N) is 3. The Morgan fingerprint density at radius 3 is 2.39 bits per heavy atom. The second kappa shape index (κ2) is 8.18. The van der Waals surface area contributed by atoms with Crippen molar-refractivity contribution >= 4 is 26.8 Å². The first-order valence-electron chi connectivity index (χ1n) is 6.23. The fourth-order valence-electron chi connectivity index (χ4n) is 2.09. The SMILES string of the molecule is CN1CCC[N+](=C2NC(N(C)C)SS2)CCC1.[I-]. The van der Waals surface area contributed by atoms with Crippen molar-refractivity contribution in [1.29, 1.82) is 0 Å². The van der Waals surface area contributed by atoms with E-state index in [9.17, 15) is 0 Å². The van der Waals surface area contributed by atoms with Crippen LogP contribution in [-0.4, -0.2) is 72.4 Å². The summed E-state index contributed by atoms with van der Waals surface area (Å²) in [7, 11) is 10.3. The van der Waals surface area contributed by atoms with Crippen molar-refractivity contribution in [3.05, 3.63) is 0 Å². The molecule has 1 unspecified atom stereocenters. The maximum atomic E-state index is 3.60. The van der Waals surface area contributed by atoms with Crippen LogP contribution in [0.4, 0.5) is 0 Å². The van der Waals surface area contributed by atoms with Gasteiger partial charge in [-0.25, -0.2) is 5.32 Å². The van der Waals surface area contributed by atoms with Crippen molar-refractivity contribution in [3.8, 4) is 0 Å². The summed E-state index contributed by atoms with van der Waals surface area (Å²) in [6, 6.07) is 0. The quantitative estimate of drug-likeness (QED) is 0.308. The first kappa shape index (κ1) is 16.9. The summed E-state index contributed by atoms with van der Waals surface area (Å²) < 4.78 is 2.52. The largest absolute Gasteiger partial charge is 1.00 e. The number of nitrogens with one attached hydrogen (secondary N) is 1. The molecule has 2 aliphatic heterocycles. The lowest BCUT2D eigenvalue weighted by Gasteiger charge is -2.21. The molecule has 2 aliphatic rings. The molecule has 0 saturated carbocycles. The minimum Gasteiger partial charge on any atom is -1.00 e. The van der Waals surface area contributed by atoms with Crippen LogP contribution in [0.25, 0.3) is 0 Å². The zero-order valence-corrected chi connectivity index (χ0v) is 15.1. The van der Waals surface area contributed by atoms with Crippen LogP contribution in [-0.2, 0) is 0 Å². The van der Waals surface area contributed by atoms with Crippen LogP contribution in [0.15, 0.2) is 0 Å². The molecule has 0 radical (unpaired) electrons. The van der Waals surface area contributed by atoms with E-state index >= 15 is 0 Å². The third-order valence-corrected chi connectivity index (χ3v) is 5.82. The van der Waals surface area contributed by atoms with Crippen LogP contribution in [0, 0.1) is 0 Å². The third kappa shape index (κ3) is 4.73. The van der Waals surface area contributed by atoms with E-state index in [4.69, 9.17) is 0 Å². The molecule has 2 fully saturated rings. The zero-order valence-electron chi connectivity index (χ0n) is 11.4. The second-order valence-corrected chi connectivity index (χ2v) is 7.21. The summed E-state index contributed by atoms with van der Waals surface area (Å²) in [5, 5.41) is 4.96. The summed E-state index contributed by atoms with van der Waals surface area (Å²) in [5.74, 6) is 0. The van der Waals surface area contributed by atoms with Crippen LogP contribution in [0.3, 0.4) is 0 Å². The molecule has 18 heavy (non-hydrogen) atoms. The van der Waals surface area contributed by atoms with Gasteiger partial charge in [-0.1, -0.05) is 0 Å². The van der Waals surface area contributed by atoms with Gasteiger partial charge in [0.05, 0.1) is 13.1 Å². The average Bonchev–Trinajstić information content (AvgIpc) is 2.72. The Balaban J connectivity index is 0.00000162. The highest BCUT2D eigenvalue weighted by atomic mass is 127. The highest BCUT2D eigenvalue weighted by molar-refractivity contribution is 8.83. The topological polar surface area (TPSA) is 21.5 Å². The summed E-state index contributed by atoms with van der Waals surface area (Å²) in [5.41, 5.74) is 0.420. The number of halogens is 1. The molecule has 0 aromatic carbocycles. The van der Waals surface area contributed by atoms with Gasteiger partial charge in [0.25, 0.3) is 0 Å². The van der Waals surface area contributed by atoms with Gasteiger partial charge < -0.3 is 28.9 Å². The molecule has 0 aromatic heterocycles. The van der Waals surface area contributed by atoms with E-state index < -0.39 is 0 Å². The predicted molar refractivity (Wildman–Crippen MR) is 77.5 cm³/mol. The van der Waals surface area contributed by atoms with Crippen molar-refractivity contribution in [2.75, 3.05) is 47.3 Å². The molecular formula is C11H23IN4S2. The van der Waals surface area contributed by atoms with Crippen molar-refractivity contribution in [2.24, 2.45) is 0 Å². The molecular weight excluding hydrogens is 379 g/mol. The molecule has 2 rings (SSSR count). The first-order valence-corrected chi connectivity index (χ1v) is 8.45. The maximum Gasteiger partial charge on any atom is 0.319 e. The fourth-order valence-corrected chi connectivity index (χ4v) is 4.80. The molecule has 7 heteroatoms. The Kier molecular flexibility index (Phi) is 7.67. The summed E-state index contributed by atoms with van der Waals surface area (Å²) in [4.78, 5) is 4.66. The third-order valence-electron chi connectivity index (χ3n) is 3.16. The fraction of sp³-hybridized carbons (Fsp3) is 0.909. The monoisotopic (exact) mass is 402 g/mol. The summed E-state index contributed by atoms with van der Waals surface area (Å²) in [6.45, 7) is 4.80. The predicted octanol–water partition coefficient (Wildman–Crippen LogP) is -2.09. The number of amidine groups is 1. The maximum absolute atomic E-state index is 3.60. The van der Waals surface area contributed by atoms with Crippen LogP contribution in [0.2, 0.25) is 0 Å². The van der Waals surface area contributed by atoms with Crippen molar-refractivity contribution in [3.63, 3.8) is 0 Å². The van der Waals surface area contributed by atoms with Gasteiger partial charge in [-0.2, -0.15) is 0 Å². The second-order valence-electron chi connectivity index (χ2n) is 4.94. The van der Waals surface area contributed by atoms with Crippen molar-refractivity contribution in [1.82, 2.24) is 15.1 Å². The minimum absolute atomic E-state index is 0. The molecule has 4 nitrogen and oxygen atoms in total. The first-order chi connectivity index (χ1) is 8.16. The van der Waals surface area contributed by atoms with Gasteiger partial charge in [0.2, 0.25) is 5.50 Å². The van der Waals surface area contributed by atoms with E-state index in [2.05, 4.69) is 40.8 Å². The van der Waals surface area contributed by atoms with E-state index in [1.54, 1.807) is 0 Å². The lowest BCUT2D eigenvalue weighted by molar-refractivity contribution is -0.529. The van der Waals surface area contributed by atoms with Crippen LogP contribution in [0.5, 0.6) is 0 Å². The average molecular weight is 402 g/mol. The minimum atomic E-state index is 0. The van der Waals surface area contributed by atoms with E-state index in [1.165, 1.54) is 44.2 Å². The van der Waals surface area contributed by atoms with Gasteiger partial charge in [0.15, 0.2) is 0 Å². The molecule has 0 aliphatic carbocycles. The zero-order chi connectivity index (χ0) is 12.3. The van der Waals surface area contributed by atoms with Gasteiger partial charge in [-0.3, -0.25) is 9.48 Å². The number of hydrogen-bond donors (Lipinski definition) is 1. The Labute approximate surface area is 135 Å². The van der Waals surface area contributed by atoms with Crippen LogP contribution in [0.1, 0.15) is 12.8 Å². The molecule has 0 amide bonds. The Hall–Kier alpha value is 0.820. The lowest BCUT2D eigenvalue weighted by Crippen LogP contribution is -3.00. The Morgan fingerprint density at radius 1 is 1.28 bits per heavy atom. The van der Waals surface area contributed by atoms with Crippen molar-refractivity contribution < 1.29 is 28.6 Å². The lowest BCUT2D eigenvalue weighted by atomic mass is 10.3. The Bertz CT molecular complexity index is 287. The summed E-state index contributed by atoms with van der Waals surface area (Å²) in [6.07, 6.45) is 2.53. The van der Waals surface area contributed by atoms with Gasteiger partial charge >= 0.3 is 5.17 Å². The molecule has 2 heterocycles. The molecule has 0 aromatic rings. The molecule has 1 N–H and O–H groups in total. The van der Waals surface area contributed by atoms with Crippen molar-refractivity contribution in [2.45, 2.75) is 18.3 Å². The number of rotatable bonds is 1. The van der Waals surface area contributed by atoms with Gasteiger partial charge in [0, 0.05) is 23.9 Å². The normalized spacial score (nSPS) is 26.6. The smallest absolute Gasteiger partial charge is 0.319 e. The van der Waals surface area contributed by atoms with Gasteiger partial charge in [-0.15, -0.1) is 0 Å².